The highest BCUT2D eigenvalue weighted by molar-refractivity contribution is 7.89. The van der Waals surface area contributed by atoms with Gasteiger partial charge >= 0.3 is 0 Å². The molecular weight excluding hydrogens is 292 g/mol. The van der Waals surface area contributed by atoms with E-state index in [0.717, 1.165) is 17.1 Å². The Morgan fingerprint density at radius 3 is 2.52 bits per heavy atom. The topological polar surface area (TPSA) is 75.7 Å². The van der Waals surface area contributed by atoms with Gasteiger partial charge in [0.1, 0.15) is 5.75 Å². The predicted molar refractivity (Wildman–Crippen MR) is 82.0 cm³/mol. The molecule has 7 heteroatoms. The van der Waals surface area contributed by atoms with Crippen molar-refractivity contribution in [1.29, 1.82) is 0 Å². The number of nitrogens with zero attached hydrogens (tertiary/aromatic N) is 1. The lowest BCUT2D eigenvalue weighted by molar-refractivity contribution is -0.116. The number of unbranched alkanes of at least 4 members (excludes halogenated alkanes) is 1. The van der Waals surface area contributed by atoms with Crippen LogP contribution in [-0.4, -0.2) is 39.8 Å². The lowest BCUT2D eigenvalue weighted by Crippen LogP contribution is -2.22. The number of ether oxygens (including phenoxy) is 1. The first-order chi connectivity index (χ1) is 9.82. The average Bonchev–Trinajstić information content (AvgIpc) is 2.44. The Bertz CT molecular complexity index is 597. The number of methoxy groups -OCH3 is 1. The molecule has 1 aromatic rings. The van der Waals surface area contributed by atoms with Crippen molar-refractivity contribution in [2.75, 3.05) is 26.5 Å². The number of amides is 1. The third-order valence-corrected chi connectivity index (χ3v) is 4.79. The second-order valence-corrected chi connectivity index (χ2v) is 6.95. The Morgan fingerprint density at radius 1 is 1.33 bits per heavy atom. The number of benzene rings is 1. The van der Waals surface area contributed by atoms with E-state index in [-0.39, 0.29) is 10.8 Å². The minimum atomic E-state index is -3.55. The summed E-state index contributed by atoms with van der Waals surface area (Å²) in [7, 11) is 0.834. The number of carbonyl (C=O) groups is 1. The fourth-order valence-corrected chi connectivity index (χ4v) is 2.63. The van der Waals surface area contributed by atoms with Gasteiger partial charge in [0, 0.05) is 20.5 Å². The SMILES string of the molecule is CCCCC(=O)Nc1cc(S(=O)(=O)N(C)C)ccc1OC. The van der Waals surface area contributed by atoms with Gasteiger partial charge in [-0.05, 0) is 24.6 Å². The lowest BCUT2D eigenvalue weighted by atomic mass is 10.2. The highest BCUT2D eigenvalue weighted by Crippen LogP contribution is 2.28. The van der Waals surface area contributed by atoms with E-state index in [9.17, 15) is 13.2 Å². The summed E-state index contributed by atoms with van der Waals surface area (Å²) in [4.78, 5) is 11.9. The van der Waals surface area contributed by atoms with Gasteiger partial charge in [-0.3, -0.25) is 4.79 Å². The van der Waals surface area contributed by atoms with Crippen LogP contribution in [0, 0.1) is 0 Å². The molecule has 0 unspecified atom stereocenters. The third kappa shape index (κ3) is 4.44. The van der Waals surface area contributed by atoms with Gasteiger partial charge in [-0.15, -0.1) is 0 Å². The molecule has 1 N–H and O–H groups in total. The predicted octanol–water partition coefficient (Wildman–Crippen LogP) is 2.07. The second kappa shape index (κ2) is 7.42. The molecule has 0 bridgehead atoms. The Hall–Kier alpha value is -1.60. The molecule has 118 valence electrons. The molecular formula is C14H22N2O4S. The van der Waals surface area contributed by atoms with Gasteiger partial charge in [0.25, 0.3) is 0 Å². The van der Waals surface area contributed by atoms with Crippen molar-refractivity contribution in [2.24, 2.45) is 0 Å². The Balaban J connectivity index is 3.10. The van der Waals surface area contributed by atoms with E-state index >= 15 is 0 Å². The number of hydrogen-bond acceptors (Lipinski definition) is 4. The normalized spacial score (nSPS) is 11.5. The van der Waals surface area contributed by atoms with Crippen LogP contribution in [0.2, 0.25) is 0 Å². The van der Waals surface area contributed by atoms with Gasteiger partial charge in [-0.2, -0.15) is 0 Å². The number of hydrogen-bond donors (Lipinski definition) is 1. The van der Waals surface area contributed by atoms with Gasteiger partial charge in [0.05, 0.1) is 17.7 Å². The highest BCUT2D eigenvalue weighted by Gasteiger charge is 2.19. The number of anilines is 1. The molecule has 0 saturated carbocycles. The van der Waals surface area contributed by atoms with Gasteiger partial charge < -0.3 is 10.1 Å². The number of rotatable bonds is 7. The van der Waals surface area contributed by atoms with Crippen LogP contribution < -0.4 is 10.1 Å². The number of carbonyl (C=O) groups excluding carboxylic acids is 1. The first kappa shape index (κ1) is 17.5. The van der Waals surface area contributed by atoms with E-state index < -0.39 is 10.0 Å². The summed E-state index contributed by atoms with van der Waals surface area (Å²) in [6.45, 7) is 2.00. The van der Waals surface area contributed by atoms with Crippen molar-refractivity contribution in [3.63, 3.8) is 0 Å². The summed E-state index contributed by atoms with van der Waals surface area (Å²) < 4.78 is 30.5. The Labute approximate surface area is 126 Å². The summed E-state index contributed by atoms with van der Waals surface area (Å²) in [6, 6.07) is 4.40. The highest BCUT2D eigenvalue weighted by atomic mass is 32.2. The second-order valence-electron chi connectivity index (χ2n) is 4.80. The molecule has 0 radical (unpaired) electrons. The first-order valence-corrected chi connectivity index (χ1v) is 8.17. The summed E-state index contributed by atoms with van der Waals surface area (Å²) in [5.41, 5.74) is 0.363. The minimum Gasteiger partial charge on any atom is -0.495 e. The van der Waals surface area contributed by atoms with Crippen LogP contribution in [0.5, 0.6) is 5.75 Å². The van der Waals surface area contributed by atoms with Crippen LogP contribution in [0.15, 0.2) is 23.1 Å². The van der Waals surface area contributed by atoms with Crippen LogP contribution in [0.3, 0.4) is 0 Å². The molecule has 1 rings (SSSR count). The van der Waals surface area contributed by atoms with Gasteiger partial charge in [-0.1, -0.05) is 13.3 Å². The maximum Gasteiger partial charge on any atom is 0.242 e. The quantitative estimate of drug-likeness (QED) is 0.836. The van der Waals surface area contributed by atoms with Crippen LogP contribution in [0.25, 0.3) is 0 Å². The zero-order valence-corrected chi connectivity index (χ0v) is 13.7. The Morgan fingerprint density at radius 2 is 2.00 bits per heavy atom. The molecule has 0 aromatic heterocycles. The molecule has 21 heavy (non-hydrogen) atoms. The fourth-order valence-electron chi connectivity index (χ4n) is 1.71. The van der Waals surface area contributed by atoms with Crippen molar-refractivity contribution in [2.45, 2.75) is 31.1 Å². The van der Waals surface area contributed by atoms with Crippen LogP contribution >= 0.6 is 0 Å². The standard InChI is InChI=1S/C14H22N2O4S/c1-5-6-7-14(17)15-12-10-11(8-9-13(12)20-4)21(18,19)16(2)3/h8-10H,5-7H2,1-4H3,(H,15,17). The summed E-state index contributed by atoms with van der Waals surface area (Å²) >= 11 is 0. The third-order valence-electron chi connectivity index (χ3n) is 2.98. The number of sulfonamides is 1. The van der Waals surface area contributed by atoms with Crippen LogP contribution in [0.1, 0.15) is 26.2 Å². The van der Waals surface area contributed by atoms with Crippen LogP contribution in [0.4, 0.5) is 5.69 Å². The van der Waals surface area contributed by atoms with Crippen molar-refractivity contribution in [3.8, 4) is 5.75 Å². The number of nitrogens with one attached hydrogen (secondary N) is 1. The van der Waals surface area contributed by atoms with Crippen molar-refractivity contribution in [3.05, 3.63) is 18.2 Å². The van der Waals surface area contributed by atoms with E-state index in [1.165, 1.54) is 39.4 Å². The van der Waals surface area contributed by atoms with E-state index in [0.29, 0.717) is 17.9 Å². The molecule has 0 aliphatic heterocycles. The molecule has 6 nitrogen and oxygen atoms in total. The summed E-state index contributed by atoms with van der Waals surface area (Å²) in [5.74, 6) is 0.270. The minimum absolute atomic E-state index is 0.110. The molecule has 0 aliphatic carbocycles. The van der Waals surface area contributed by atoms with Crippen molar-refractivity contribution in [1.82, 2.24) is 4.31 Å². The summed E-state index contributed by atoms with van der Waals surface area (Å²) in [5, 5.41) is 2.70. The van der Waals surface area contributed by atoms with E-state index in [2.05, 4.69) is 5.32 Å². The molecule has 0 aliphatic rings. The fraction of sp³-hybridized carbons (Fsp3) is 0.500. The molecule has 0 saturated heterocycles. The van der Waals surface area contributed by atoms with Gasteiger partial charge in [0.2, 0.25) is 15.9 Å². The van der Waals surface area contributed by atoms with E-state index in [1.807, 2.05) is 6.92 Å². The van der Waals surface area contributed by atoms with Crippen molar-refractivity contribution < 1.29 is 17.9 Å². The summed E-state index contributed by atoms with van der Waals surface area (Å²) in [6.07, 6.45) is 2.09. The zero-order valence-electron chi connectivity index (χ0n) is 12.8. The lowest BCUT2D eigenvalue weighted by Gasteiger charge is -2.15. The maximum atomic E-state index is 12.1. The molecule has 0 spiro atoms. The maximum absolute atomic E-state index is 12.1. The zero-order chi connectivity index (χ0) is 16.0. The molecule has 0 atom stereocenters. The average molecular weight is 314 g/mol. The first-order valence-electron chi connectivity index (χ1n) is 6.73. The molecule has 0 fully saturated rings. The molecule has 1 amide bonds. The van der Waals surface area contributed by atoms with Gasteiger partial charge in [-0.25, -0.2) is 12.7 Å². The molecule has 1 aromatic carbocycles. The monoisotopic (exact) mass is 314 g/mol. The van der Waals surface area contributed by atoms with E-state index in [4.69, 9.17) is 4.74 Å². The Kier molecular flexibility index (Phi) is 6.17. The molecule has 0 heterocycles. The van der Waals surface area contributed by atoms with Crippen molar-refractivity contribution >= 4 is 21.6 Å². The smallest absolute Gasteiger partial charge is 0.242 e. The van der Waals surface area contributed by atoms with E-state index in [1.54, 1.807) is 0 Å². The largest absolute Gasteiger partial charge is 0.495 e. The van der Waals surface area contributed by atoms with Gasteiger partial charge in [0.15, 0.2) is 0 Å². The van der Waals surface area contributed by atoms with Crippen LogP contribution in [-0.2, 0) is 14.8 Å².